The summed E-state index contributed by atoms with van der Waals surface area (Å²) in [6.45, 7) is 5.05. The number of ether oxygens (including phenoxy) is 1. The van der Waals surface area contributed by atoms with Crippen LogP contribution in [0.1, 0.15) is 19.3 Å². The number of nitrogens with zero attached hydrogens (tertiary/aromatic N) is 2. The smallest absolute Gasteiger partial charge is 0.317 e. The van der Waals surface area contributed by atoms with Crippen LogP contribution in [0.3, 0.4) is 0 Å². The van der Waals surface area contributed by atoms with Crippen LogP contribution in [0.25, 0.3) is 0 Å². The summed E-state index contributed by atoms with van der Waals surface area (Å²) < 4.78 is 6.23. The second-order valence-corrected chi connectivity index (χ2v) is 6.39. The number of hydrogen-bond donors (Lipinski definition) is 1. The third kappa shape index (κ3) is 4.46. The van der Waals surface area contributed by atoms with E-state index in [-0.39, 0.29) is 6.03 Å². The van der Waals surface area contributed by atoms with Crippen LogP contribution < -0.4 is 5.32 Å². The van der Waals surface area contributed by atoms with Gasteiger partial charge in [-0.1, -0.05) is 22.0 Å². The Balaban J connectivity index is 1.73. The zero-order valence-corrected chi connectivity index (χ0v) is 13.7. The first-order valence-corrected chi connectivity index (χ1v) is 8.10. The molecular weight excluding hydrogens is 322 g/mol. The van der Waals surface area contributed by atoms with Gasteiger partial charge in [-0.2, -0.15) is 0 Å². The molecule has 5 nitrogen and oxygen atoms in total. The Bertz CT molecular complexity index is 362. The third-order valence-corrected chi connectivity index (χ3v) is 4.54. The summed E-state index contributed by atoms with van der Waals surface area (Å²) in [7, 11) is 1.73. The highest BCUT2D eigenvalue weighted by atomic mass is 79.9. The van der Waals surface area contributed by atoms with Gasteiger partial charge < -0.3 is 15.0 Å². The average molecular weight is 346 g/mol. The monoisotopic (exact) mass is 345 g/mol. The number of carbonyl (C=O) groups is 1. The zero-order chi connectivity index (χ0) is 14.4. The van der Waals surface area contributed by atoms with E-state index in [0.717, 1.165) is 50.1 Å². The van der Waals surface area contributed by atoms with Gasteiger partial charge in [0, 0.05) is 37.3 Å². The van der Waals surface area contributed by atoms with E-state index in [9.17, 15) is 4.79 Å². The van der Waals surface area contributed by atoms with Gasteiger partial charge in [0.1, 0.15) is 0 Å². The Morgan fingerprint density at radius 1 is 1.55 bits per heavy atom. The molecule has 1 fully saturated rings. The van der Waals surface area contributed by atoms with Gasteiger partial charge in [-0.3, -0.25) is 4.90 Å². The molecule has 6 heteroatoms. The first-order valence-electron chi connectivity index (χ1n) is 7.31. The largest absolute Gasteiger partial charge is 0.383 e. The molecule has 114 valence electrons. The van der Waals surface area contributed by atoms with E-state index in [0.29, 0.717) is 12.6 Å². The van der Waals surface area contributed by atoms with Crippen molar-refractivity contribution in [3.63, 3.8) is 0 Å². The molecule has 0 aromatic carbocycles. The SMILES string of the molecule is COCCN1CCC[C@@H]1CNC(=O)N1CCC=C(Br)C1. The molecular formula is C14H24BrN3O2. The maximum Gasteiger partial charge on any atom is 0.317 e. The summed E-state index contributed by atoms with van der Waals surface area (Å²) in [5, 5.41) is 3.08. The Hall–Kier alpha value is -0.590. The molecule has 1 atom stereocenters. The van der Waals surface area contributed by atoms with Crippen molar-refractivity contribution in [1.29, 1.82) is 0 Å². The molecule has 2 amide bonds. The van der Waals surface area contributed by atoms with Gasteiger partial charge in [0.05, 0.1) is 13.2 Å². The number of amides is 2. The first kappa shape index (κ1) is 15.8. The number of carbonyl (C=O) groups excluding carboxylic acids is 1. The Kier molecular flexibility index (Phi) is 6.32. The third-order valence-electron chi connectivity index (χ3n) is 3.96. The highest BCUT2D eigenvalue weighted by Gasteiger charge is 2.25. The highest BCUT2D eigenvalue weighted by molar-refractivity contribution is 9.11. The number of rotatable bonds is 5. The molecule has 2 rings (SSSR count). The fourth-order valence-corrected chi connectivity index (χ4v) is 3.35. The number of methoxy groups -OCH3 is 1. The lowest BCUT2D eigenvalue weighted by atomic mass is 10.2. The molecule has 2 aliphatic heterocycles. The van der Waals surface area contributed by atoms with E-state index in [4.69, 9.17) is 4.74 Å². The molecule has 0 aromatic heterocycles. The zero-order valence-electron chi connectivity index (χ0n) is 12.1. The van der Waals surface area contributed by atoms with E-state index >= 15 is 0 Å². The Labute approximate surface area is 129 Å². The van der Waals surface area contributed by atoms with E-state index < -0.39 is 0 Å². The van der Waals surface area contributed by atoms with Crippen LogP contribution in [-0.4, -0.2) is 68.3 Å². The summed E-state index contributed by atoms with van der Waals surface area (Å²) in [5.74, 6) is 0. The maximum atomic E-state index is 12.1. The van der Waals surface area contributed by atoms with Crippen LogP contribution in [0.4, 0.5) is 4.79 Å². The van der Waals surface area contributed by atoms with Crippen molar-refractivity contribution in [2.45, 2.75) is 25.3 Å². The number of nitrogens with one attached hydrogen (secondary N) is 1. The lowest BCUT2D eigenvalue weighted by molar-refractivity contribution is 0.139. The molecule has 1 N–H and O–H groups in total. The summed E-state index contributed by atoms with van der Waals surface area (Å²) in [4.78, 5) is 16.4. The topological polar surface area (TPSA) is 44.8 Å². The van der Waals surface area contributed by atoms with Gasteiger partial charge >= 0.3 is 6.03 Å². The molecule has 0 radical (unpaired) electrons. The minimum Gasteiger partial charge on any atom is -0.383 e. The summed E-state index contributed by atoms with van der Waals surface area (Å²) in [5.41, 5.74) is 0. The predicted octanol–water partition coefficient (Wildman–Crippen LogP) is 1.79. The van der Waals surface area contributed by atoms with Crippen LogP contribution in [0.15, 0.2) is 10.6 Å². The summed E-state index contributed by atoms with van der Waals surface area (Å²) in [6, 6.07) is 0.506. The van der Waals surface area contributed by atoms with Gasteiger partial charge in [-0.05, 0) is 25.8 Å². The van der Waals surface area contributed by atoms with Crippen molar-refractivity contribution in [1.82, 2.24) is 15.1 Å². The minimum atomic E-state index is 0.0497. The van der Waals surface area contributed by atoms with Crippen LogP contribution in [0, 0.1) is 0 Å². The Morgan fingerprint density at radius 3 is 3.15 bits per heavy atom. The van der Waals surface area contributed by atoms with Gasteiger partial charge in [0.15, 0.2) is 0 Å². The maximum absolute atomic E-state index is 12.1. The van der Waals surface area contributed by atoms with Crippen LogP contribution in [-0.2, 0) is 4.74 Å². The molecule has 0 unspecified atom stereocenters. The average Bonchev–Trinajstić information content (AvgIpc) is 2.90. The normalized spacial score (nSPS) is 23.8. The molecule has 1 saturated heterocycles. The number of halogens is 1. The standard InChI is InChI=1S/C14H24BrN3O2/c1-20-9-8-17-6-3-5-13(17)10-16-14(19)18-7-2-4-12(15)11-18/h4,13H,2-3,5-11H2,1H3,(H,16,19)/t13-/m1/s1. The van der Waals surface area contributed by atoms with Crippen molar-refractivity contribution < 1.29 is 9.53 Å². The lowest BCUT2D eigenvalue weighted by Gasteiger charge is -2.28. The van der Waals surface area contributed by atoms with Gasteiger partial charge in [0.25, 0.3) is 0 Å². The number of urea groups is 1. The predicted molar refractivity (Wildman–Crippen MR) is 83.1 cm³/mol. The molecule has 2 aliphatic rings. The van der Waals surface area contributed by atoms with Crippen molar-refractivity contribution in [3.8, 4) is 0 Å². The van der Waals surface area contributed by atoms with Crippen molar-refractivity contribution >= 4 is 22.0 Å². The van der Waals surface area contributed by atoms with Crippen molar-refractivity contribution in [2.24, 2.45) is 0 Å². The lowest BCUT2D eigenvalue weighted by Crippen LogP contribution is -2.47. The van der Waals surface area contributed by atoms with Crippen LogP contribution in [0.5, 0.6) is 0 Å². The van der Waals surface area contributed by atoms with E-state index in [1.807, 2.05) is 4.90 Å². The summed E-state index contributed by atoms with van der Waals surface area (Å²) in [6.07, 6.45) is 5.43. The first-order chi connectivity index (χ1) is 9.70. The number of hydrogen-bond acceptors (Lipinski definition) is 3. The van der Waals surface area contributed by atoms with E-state index in [2.05, 4.69) is 32.2 Å². The van der Waals surface area contributed by atoms with Crippen LogP contribution >= 0.6 is 15.9 Å². The second kappa shape index (κ2) is 8.00. The van der Waals surface area contributed by atoms with E-state index in [1.165, 1.54) is 6.42 Å². The molecule has 2 heterocycles. The molecule has 0 bridgehead atoms. The Morgan fingerprint density at radius 2 is 2.40 bits per heavy atom. The molecule has 0 saturated carbocycles. The molecule has 0 aromatic rings. The quantitative estimate of drug-likeness (QED) is 0.826. The van der Waals surface area contributed by atoms with Crippen molar-refractivity contribution in [3.05, 3.63) is 10.6 Å². The minimum absolute atomic E-state index is 0.0497. The molecule has 0 aliphatic carbocycles. The van der Waals surface area contributed by atoms with Crippen LogP contribution in [0.2, 0.25) is 0 Å². The van der Waals surface area contributed by atoms with E-state index in [1.54, 1.807) is 7.11 Å². The van der Waals surface area contributed by atoms with Gasteiger partial charge in [-0.15, -0.1) is 0 Å². The van der Waals surface area contributed by atoms with Crippen molar-refractivity contribution in [2.75, 3.05) is 46.4 Å². The summed E-state index contributed by atoms with van der Waals surface area (Å²) >= 11 is 3.47. The molecule has 20 heavy (non-hydrogen) atoms. The fourth-order valence-electron chi connectivity index (χ4n) is 2.82. The second-order valence-electron chi connectivity index (χ2n) is 5.37. The fraction of sp³-hybridized carbons (Fsp3) is 0.786. The molecule has 0 spiro atoms. The highest BCUT2D eigenvalue weighted by Crippen LogP contribution is 2.17. The number of likely N-dealkylation sites (tertiary alicyclic amines) is 1. The van der Waals surface area contributed by atoms with Gasteiger partial charge in [-0.25, -0.2) is 4.79 Å². The van der Waals surface area contributed by atoms with Gasteiger partial charge in [0.2, 0.25) is 0 Å².